The molecule has 0 aliphatic carbocycles. The van der Waals surface area contributed by atoms with Crippen LogP contribution in [-0.2, 0) is 20.6 Å². The van der Waals surface area contributed by atoms with Gasteiger partial charge in [0.15, 0.2) is 11.5 Å². The molecule has 8 nitrogen and oxygen atoms in total. The zero-order valence-corrected chi connectivity index (χ0v) is 17.4. The highest BCUT2D eigenvalue weighted by Crippen LogP contribution is 2.52. The Kier molecular flexibility index (Phi) is 5.12. The van der Waals surface area contributed by atoms with E-state index in [-0.39, 0.29) is 22.7 Å². The topological polar surface area (TPSA) is 116 Å². The van der Waals surface area contributed by atoms with Gasteiger partial charge in [-0.1, -0.05) is 18.2 Å². The van der Waals surface area contributed by atoms with Gasteiger partial charge in [-0.15, -0.1) is 0 Å². The van der Waals surface area contributed by atoms with Crippen LogP contribution >= 0.6 is 0 Å². The molecule has 2 aliphatic rings. The van der Waals surface area contributed by atoms with E-state index >= 15 is 0 Å². The van der Waals surface area contributed by atoms with Crippen molar-refractivity contribution in [3.05, 3.63) is 53.6 Å². The number of benzene rings is 2. The first-order valence-electron chi connectivity index (χ1n) is 9.84. The van der Waals surface area contributed by atoms with Crippen molar-refractivity contribution in [2.45, 2.75) is 24.7 Å². The molecule has 0 radical (unpaired) electrons. The minimum absolute atomic E-state index is 0.0706. The number of anilines is 1. The molecule has 4 unspecified atom stereocenters. The first-order valence-corrected chi connectivity index (χ1v) is 9.84. The van der Waals surface area contributed by atoms with Gasteiger partial charge in [0.2, 0.25) is 11.8 Å². The lowest BCUT2D eigenvalue weighted by Gasteiger charge is -2.27. The number of rotatable bonds is 4. The van der Waals surface area contributed by atoms with Crippen LogP contribution in [0.4, 0.5) is 18.9 Å². The minimum atomic E-state index is -4.70. The highest BCUT2D eigenvalue weighted by atomic mass is 19.4. The molecule has 2 aromatic carbocycles. The maximum atomic E-state index is 13.4. The van der Waals surface area contributed by atoms with Gasteiger partial charge in [0, 0.05) is 11.6 Å². The fourth-order valence-corrected chi connectivity index (χ4v) is 4.63. The second-order valence-corrected chi connectivity index (χ2v) is 8.09. The third kappa shape index (κ3) is 3.30. The molecule has 174 valence electrons. The number of aromatic hydroxyl groups is 1. The summed E-state index contributed by atoms with van der Waals surface area (Å²) in [5, 5.41) is 23.3. The molecule has 0 aromatic heterocycles. The summed E-state index contributed by atoms with van der Waals surface area (Å²) in [7, 11) is 1.31. The van der Waals surface area contributed by atoms with Crippen LogP contribution in [0.2, 0.25) is 0 Å². The molecule has 3 N–H and O–H groups in total. The number of imide groups is 1. The predicted octanol–water partition coefficient (Wildman–Crippen LogP) is 2.71. The quantitative estimate of drug-likeness (QED) is 0.596. The van der Waals surface area contributed by atoms with Gasteiger partial charge in [0.25, 0.3) is 0 Å². The molecular formula is C22H19F3N2O6. The molecule has 2 amide bonds. The fourth-order valence-electron chi connectivity index (χ4n) is 4.63. The van der Waals surface area contributed by atoms with Crippen LogP contribution in [0.3, 0.4) is 0 Å². The number of ether oxygens (including phenoxy) is 1. The van der Waals surface area contributed by atoms with Crippen LogP contribution in [-0.4, -0.2) is 40.6 Å². The van der Waals surface area contributed by atoms with E-state index in [0.717, 1.165) is 12.1 Å². The third-order valence-corrected chi connectivity index (χ3v) is 6.25. The van der Waals surface area contributed by atoms with Gasteiger partial charge in [-0.05, 0) is 31.2 Å². The Labute approximate surface area is 185 Å². The summed E-state index contributed by atoms with van der Waals surface area (Å²) in [5.41, 5.74) is -3.16. The number of carbonyl (C=O) groups is 3. The van der Waals surface area contributed by atoms with Crippen molar-refractivity contribution >= 4 is 23.5 Å². The number of alkyl halides is 3. The summed E-state index contributed by atoms with van der Waals surface area (Å²) in [6.45, 7) is 1.23. The number of hydrogen-bond donors (Lipinski definition) is 3. The Balaban J connectivity index is 1.84. The highest BCUT2D eigenvalue weighted by molar-refractivity contribution is 6.24. The number of halogens is 3. The summed E-state index contributed by atoms with van der Waals surface area (Å²) in [6.07, 6.45) is -4.70. The number of aliphatic carboxylic acids is 1. The van der Waals surface area contributed by atoms with E-state index in [2.05, 4.69) is 5.32 Å². The summed E-state index contributed by atoms with van der Waals surface area (Å²) in [6, 6.07) is 7.02. The number of nitrogens with one attached hydrogen (secondary N) is 1. The summed E-state index contributed by atoms with van der Waals surface area (Å²) in [4.78, 5) is 39.4. The highest BCUT2D eigenvalue weighted by Gasteiger charge is 2.67. The van der Waals surface area contributed by atoms with E-state index in [9.17, 15) is 37.8 Å². The van der Waals surface area contributed by atoms with Crippen LogP contribution in [0.5, 0.6) is 11.5 Å². The van der Waals surface area contributed by atoms with Crippen molar-refractivity contribution in [1.82, 2.24) is 5.32 Å². The maximum Gasteiger partial charge on any atom is 0.416 e. The van der Waals surface area contributed by atoms with Gasteiger partial charge in [-0.3, -0.25) is 19.7 Å². The lowest BCUT2D eigenvalue weighted by Crippen LogP contribution is -2.53. The third-order valence-electron chi connectivity index (χ3n) is 6.25. The molecule has 2 aromatic rings. The second kappa shape index (κ2) is 7.48. The molecular weight excluding hydrogens is 445 g/mol. The number of carbonyl (C=O) groups excluding carboxylic acids is 2. The minimum Gasteiger partial charge on any atom is -0.504 e. The molecule has 0 saturated carbocycles. The van der Waals surface area contributed by atoms with E-state index in [4.69, 9.17) is 4.74 Å². The Morgan fingerprint density at radius 2 is 1.82 bits per heavy atom. The van der Waals surface area contributed by atoms with Crippen LogP contribution in [0.15, 0.2) is 42.5 Å². The maximum absolute atomic E-state index is 13.4. The molecule has 4 rings (SSSR count). The van der Waals surface area contributed by atoms with Crippen LogP contribution in [0.1, 0.15) is 24.1 Å². The monoisotopic (exact) mass is 464 g/mol. The van der Waals surface area contributed by atoms with E-state index in [1.54, 1.807) is 0 Å². The number of para-hydroxylation sites is 1. The Morgan fingerprint density at radius 3 is 2.42 bits per heavy atom. The number of methoxy groups -OCH3 is 1. The summed E-state index contributed by atoms with van der Waals surface area (Å²) in [5.74, 6) is -6.21. The number of carboxylic acids is 1. The molecule has 2 fully saturated rings. The van der Waals surface area contributed by atoms with Gasteiger partial charge < -0.3 is 14.9 Å². The van der Waals surface area contributed by atoms with Gasteiger partial charge in [-0.2, -0.15) is 13.2 Å². The molecule has 2 saturated heterocycles. The van der Waals surface area contributed by atoms with Gasteiger partial charge in [0.05, 0.1) is 30.2 Å². The number of phenols is 1. The van der Waals surface area contributed by atoms with Crippen molar-refractivity contribution in [3.8, 4) is 11.5 Å². The van der Waals surface area contributed by atoms with Crippen molar-refractivity contribution in [1.29, 1.82) is 0 Å². The zero-order chi connectivity index (χ0) is 24.3. The van der Waals surface area contributed by atoms with Gasteiger partial charge in [-0.25, -0.2) is 4.90 Å². The average molecular weight is 464 g/mol. The van der Waals surface area contributed by atoms with E-state index in [0.29, 0.717) is 11.0 Å². The number of nitrogens with zero attached hydrogens (tertiary/aromatic N) is 1. The Bertz CT molecular complexity index is 1170. The predicted molar refractivity (Wildman–Crippen MR) is 107 cm³/mol. The average Bonchev–Trinajstić information content (AvgIpc) is 3.21. The lowest BCUT2D eigenvalue weighted by molar-refractivity contribution is -0.147. The van der Waals surface area contributed by atoms with Crippen molar-refractivity contribution in [2.75, 3.05) is 12.0 Å². The zero-order valence-electron chi connectivity index (χ0n) is 17.4. The summed E-state index contributed by atoms with van der Waals surface area (Å²) >= 11 is 0. The Hall–Kier alpha value is -3.60. The standard InChI is InChI=1S/C22H19F3N2O6/c1-21(20(31)32)15-14(16(26-21)12-7-4-8-13(33-2)17(12)28)18(29)27(19(15)30)11-6-3-5-10(9-11)22(23,24)25/h3-9,14-16,26,28H,1-2H3,(H,31,32). The molecule has 2 heterocycles. The number of phenolic OH excluding ortho intramolecular Hbond substituents is 1. The SMILES string of the molecule is COc1cccc(C2NC(C)(C(=O)O)C3C(=O)N(c4cccc(C(F)(F)F)c4)C(=O)C23)c1O. The van der Waals surface area contributed by atoms with Crippen LogP contribution in [0.25, 0.3) is 0 Å². The van der Waals surface area contributed by atoms with E-state index < -0.39 is 52.9 Å². The number of hydrogen-bond acceptors (Lipinski definition) is 6. The molecule has 2 aliphatic heterocycles. The number of fused-ring (bicyclic) bond motifs is 1. The molecule has 11 heteroatoms. The molecule has 0 bridgehead atoms. The fraction of sp³-hybridized carbons (Fsp3) is 0.318. The largest absolute Gasteiger partial charge is 0.504 e. The normalized spacial score (nSPS) is 27.1. The summed E-state index contributed by atoms with van der Waals surface area (Å²) < 4.78 is 44.7. The van der Waals surface area contributed by atoms with E-state index in [1.165, 1.54) is 38.3 Å². The molecule has 0 spiro atoms. The second-order valence-electron chi connectivity index (χ2n) is 8.09. The lowest BCUT2D eigenvalue weighted by atomic mass is 9.80. The first kappa shape index (κ1) is 22.6. The van der Waals surface area contributed by atoms with Gasteiger partial charge >= 0.3 is 12.1 Å². The number of carboxylic acid groups (broad SMARTS) is 1. The van der Waals surface area contributed by atoms with Crippen molar-refractivity contribution in [2.24, 2.45) is 11.8 Å². The molecule has 4 atom stereocenters. The molecule has 33 heavy (non-hydrogen) atoms. The van der Waals surface area contributed by atoms with Crippen LogP contribution in [0, 0.1) is 11.8 Å². The first-order chi connectivity index (χ1) is 15.4. The van der Waals surface area contributed by atoms with Gasteiger partial charge in [0.1, 0.15) is 5.54 Å². The van der Waals surface area contributed by atoms with E-state index in [1.807, 2.05) is 0 Å². The number of amides is 2. The smallest absolute Gasteiger partial charge is 0.416 e. The van der Waals surface area contributed by atoms with Crippen molar-refractivity contribution < 1.29 is 42.5 Å². The van der Waals surface area contributed by atoms with Crippen molar-refractivity contribution in [3.63, 3.8) is 0 Å². The Morgan fingerprint density at radius 1 is 1.15 bits per heavy atom. The van der Waals surface area contributed by atoms with Crippen LogP contribution < -0.4 is 15.0 Å².